The Bertz CT molecular complexity index is 596. The molecule has 1 N–H and O–H groups in total. The molecular weight excluding hydrogens is 286 g/mol. The van der Waals surface area contributed by atoms with Gasteiger partial charge in [-0.2, -0.15) is 0 Å². The first kappa shape index (κ1) is 16.1. The number of likely N-dealkylation sites (N-methyl/N-ethyl adjacent to an activating group) is 1. The van der Waals surface area contributed by atoms with Crippen molar-refractivity contribution in [1.82, 2.24) is 4.90 Å². The van der Waals surface area contributed by atoms with E-state index in [0.29, 0.717) is 11.5 Å². The highest BCUT2D eigenvalue weighted by molar-refractivity contribution is 5.84. The summed E-state index contributed by atoms with van der Waals surface area (Å²) in [6.07, 6.45) is 0.781. The van der Waals surface area contributed by atoms with Gasteiger partial charge in [0.15, 0.2) is 18.1 Å². The number of carboxylic acids is 1. The molecule has 1 unspecified atom stereocenters. The average molecular weight is 307 g/mol. The lowest BCUT2D eigenvalue weighted by Gasteiger charge is -2.22. The van der Waals surface area contributed by atoms with Gasteiger partial charge in [-0.15, -0.1) is 0 Å². The largest absolute Gasteiger partial charge is 0.483 e. The zero-order chi connectivity index (χ0) is 16.5. The van der Waals surface area contributed by atoms with Crippen LogP contribution in [0.15, 0.2) is 18.2 Å². The smallest absolute Gasteiger partial charge is 0.326 e. The molecule has 2 rings (SSSR count). The maximum absolute atomic E-state index is 12.0. The summed E-state index contributed by atoms with van der Waals surface area (Å²) >= 11 is 0. The van der Waals surface area contributed by atoms with Gasteiger partial charge in [0.1, 0.15) is 11.6 Å². The van der Waals surface area contributed by atoms with E-state index in [0.717, 1.165) is 16.9 Å². The van der Waals surface area contributed by atoms with E-state index in [2.05, 4.69) is 0 Å². The lowest BCUT2D eigenvalue weighted by Crippen LogP contribution is -2.42. The van der Waals surface area contributed by atoms with Crippen molar-refractivity contribution in [3.8, 4) is 11.5 Å². The number of carbonyl (C=O) groups excluding carboxylic acids is 1. The van der Waals surface area contributed by atoms with Gasteiger partial charge < -0.3 is 19.5 Å². The van der Waals surface area contributed by atoms with Gasteiger partial charge in [-0.25, -0.2) is 4.79 Å². The van der Waals surface area contributed by atoms with E-state index in [1.165, 1.54) is 14.0 Å². The van der Waals surface area contributed by atoms with Gasteiger partial charge in [0.2, 0.25) is 0 Å². The molecule has 1 aromatic carbocycles. The van der Waals surface area contributed by atoms with E-state index in [-0.39, 0.29) is 12.2 Å². The van der Waals surface area contributed by atoms with Crippen molar-refractivity contribution in [2.24, 2.45) is 0 Å². The molecular formula is C16H21NO5. The summed E-state index contributed by atoms with van der Waals surface area (Å²) in [7, 11) is 1.44. The first-order valence-corrected chi connectivity index (χ1v) is 7.13. The molecule has 0 saturated carbocycles. The molecule has 1 heterocycles. The molecule has 1 aliphatic rings. The van der Waals surface area contributed by atoms with Crippen LogP contribution in [0.3, 0.4) is 0 Å². The summed E-state index contributed by atoms with van der Waals surface area (Å²) in [5.74, 6) is -0.284. The zero-order valence-electron chi connectivity index (χ0n) is 13.3. The van der Waals surface area contributed by atoms with Crippen molar-refractivity contribution in [1.29, 1.82) is 0 Å². The predicted molar refractivity (Wildman–Crippen MR) is 80.2 cm³/mol. The van der Waals surface area contributed by atoms with Gasteiger partial charge in [0, 0.05) is 19.0 Å². The summed E-state index contributed by atoms with van der Waals surface area (Å²) in [4.78, 5) is 24.0. The molecule has 120 valence electrons. The number of nitrogens with zero attached hydrogens (tertiary/aromatic N) is 1. The highest BCUT2D eigenvalue weighted by Crippen LogP contribution is 2.41. The normalized spacial score (nSPS) is 16.4. The van der Waals surface area contributed by atoms with Gasteiger partial charge in [-0.3, -0.25) is 4.79 Å². The lowest BCUT2D eigenvalue weighted by molar-refractivity contribution is -0.149. The van der Waals surface area contributed by atoms with Crippen LogP contribution in [0, 0.1) is 0 Å². The molecule has 1 atom stereocenters. The molecule has 1 amide bonds. The monoisotopic (exact) mass is 307 g/mol. The number of carbonyl (C=O) groups is 2. The lowest BCUT2D eigenvalue weighted by atomic mass is 10.0. The third kappa shape index (κ3) is 3.32. The van der Waals surface area contributed by atoms with Gasteiger partial charge in [-0.05, 0) is 26.8 Å². The standard InChI is InChI=1S/C16H21NO5/c1-10(15(19)20)17(4)13(18)9-21-12-7-5-6-11-8-16(2,3)22-14(11)12/h5-7,10H,8-9H2,1-4H3,(H,19,20). The number of ether oxygens (including phenoxy) is 2. The van der Waals surface area contributed by atoms with Crippen LogP contribution in [0.25, 0.3) is 0 Å². The number of fused-ring (bicyclic) bond motifs is 1. The van der Waals surface area contributed by atoms with E-state index < -0.39 is 17.9 Å². The summed E-state index contributed by atoms with van der Waals surface area (Å²) in [5.41, 5.74) is 0.752. The number of amides is 1. The number of carboxylic acid groups (broad SMARTS) is 1. The van der Waals surface area contributed by atoms with Crippen LogP contribution in [0.5, 0.6) is 11.5 Å². The molecule has 0 aromatic heterocycles. The number of benzene rings is 1. The molecule has 0 saturated heterocycles. The average Bonchev–Trinajstić information content (AvgIpc) is 2.77. The Kier molecular flexibility index (Phi) is 4.30. The van der Waals surface area contributed by atoms with Gasteiger partial charge >= 0.3 is 5.97 Å². The van der Waals surface area contributed by atoms with E-state index >= 15 is 0 Å². The van der Waals surface area contributed by atoms with Crippen molar-refractivity contribution in [3.05, 3.63) is 23.8 Å². The minimum atomic E-state index is -1.05. The summed E-state index contributed by atoms with van der Waals surface area (Å²) in [5, 5.41) is 8.92. The Labute approximate surface area is 129 Å². The highest BCUT2D eigenvalue weighted by atomic mass is 16.5. The highest BCUT2D eigenvalue weighted by Gasteiger charge is 2.32. The molecule has 0 spiro atoms. The Morgan fingerprint density at radius 1 is 1.45 bits per heavy atom. The number of aliphatic carboxylic acids is 1. The maximum atomic E-state index is 12.0. The molecule has 1 aromatic rings. The van der Waals surface area contributed by atoms with E-state index in [4.69, 9.17) is 14.6 Å². The second kappa shape index (κ2) is 5.87. The Morgan fingerprint density at radius 3 is 2.77 bits per heavy atom. The first-order valence-electron chi connectivity index (χ1n) is 7.13. The van der Waals surface area contributed by atoms with Crippen molar-refractivity contribution in [3.63, 3.8) is 0 Å². The van der Waals surface area contributed by atoms with Crippen molar-refractivity contribution in [2.75, 3.05) is 13.7 Å². The van der Waals surface area contributed by atoms with Gasteiger partial charge in [0.25, 0.3) is 5.91 Å². The third-order valence-corrected chi connectivity index (χ3v) is 3.74. The SMILES string of the molecule is CC(C(=O)O)N(C)C(=O)COc1cccc2c1OC(C)(C)C2. The van der Waals surface area contributed by atoms with Crippen molar-refractivity contribution in [2.45, 2.75) is 38.8 Å². The molecule has 6 nitrogen and oxygen atoms in total. The molecule has 6 heteroatoms. The molecule has 0 aliphatic carbocycles. The molecule has 0 bridgehead atoms. The van der Waals surface area contributed by atoms with Crippen LogP contribution in [0.4, 0.5) is 0 Å². The Morgan fingerprint density at radius 2 is 2.14 bits per heavy atom. The van der Waals surface area contributed by atoms with Crippen LogP contribution >= 0.6 is 0 Å². The zero-order valence-corrected chi connectivity index (χ0v) is 13.3. The summed E-state index contributed by atoms with van der Waals surface area (Å²) in [6.45, 7) is 5.20. The van der Waals surface area contributed by atoms with Gasteiger partial charge in [0.05, 0.1) is 0 Å². The van der Waals surface area contributed by atoms with Crippen LogP contribution in [-0.2, 0) is 16.0 Å². The molecule has 22 heavy (non-hydrogen) atoms. The minimum Gasteiger partial charge on any atom is -0.483 e. The summed E-state index contributed by atoms with van der Waals surface area (Å²) in [6, 6.07) is 4.67. The van der Waals surface area contributed by atoms with Crippen LogP contribution in [-0.4, -0.2) is 47.2 Å². The maximum Gasteiger partial charge on any atom is 0.326 e. The van der Waals surface area contributed by atoms with Gasteiger partial charge in [-0.1, -0.05) is 12.1 Å². The molecule has 0 fully saturated rings. The van der Waals surface area contributed by atoms with E-state index in [9.17, 15) is 9.59 Å². The van der Waals surface area contributed by atoms with E-state index in [1.54, 1.807) is 6.07 Å². The number of para-hydroxylation sites is 1. The summed E-state index contributed by atoms with van der Waals surface area (Å²) < 4.78 is 11.4. The minimum absolute atomic E-state index is 0.228. The topological polar surface area (TPSA) is 76.1 Å². The second-order valence-electron chi connectivity index (χ2n) is 6.09. The quantitative estimate of drug-likeness (QED) is 0.896. The van der Waals surface area contributed by atoms with Crippen LogP contribution in [0.2, 0.25) is 0 Å². The molecule has 1 aliphatic heterocycles. The molecule has 0 radical (unpaired) electrons. The number of hydrogen-bond acceptors (Lipinski definition) is 4. The fourth-order valence-corrected chi connectivity index (χ4v) is 2.32. The van der Waals surface area contributed by atoms with Crippen LogP contribution in [0.1, 0.15) is 26.3 Å². The Balaban J connectivity index is 2.04. The number of hydrogen-bond donors (Lipinski definition) is 1. The fourth-order valence-electron chi connectivity index (χ4n) is 2.32. The second-order valence-corrected chi connectivity index (χ2v) is 6.09. The number of rotatable bonds is 5. The van der Waals surface area contributed by atoms with Crippen LogP contribution < -0.4 is 9.47 Å². The third-order valence-electron chi connectivity index (χ3n) is 3.74. The first-order chi connectivity index (χ1) is 10.2. The van der Waals surface area contributed by atoms with Crippen molar-refractivity contribution >= 4 is 11.9 Å². The predicted octanol–water partition coefficient (Wildman–Crippen LogP) is 1.71. The fraction of sp³-hybridized carbons (Fsp3) is 0.500. The van der Waals surface area contributed by atoms with Crippen molar-refractivity contribution < 1.29 is 24.2 Å². The Hall–Kier alpha value is -2.24. The van der Waals surface area contributed by atoms with E-state index in [1.807, 2.05) is 26.0 Å².